The molecule has 0 spiro atoms. The van der Waals surface area contributed by atoms with Crippen LogP contribution >= 0.6 is 23.3 Å². The first-order valence-electron chi connectivity index (χ1n) is 2.83. The third kappa shape index (κ3) is 2.32. The lowest BCUT2D eigenvalue weighted by molar-refractivity contribution is 1.02. The van der Waals surface area contributed by atoms with Crippen molar-refractivity contribution in [1.29, 1.82) is 0 Å². The highest BCUT2D eigenvalue weighted by atomic mass is 32.2. The predicted molar refractivity (Wildman–Crippen MR) is 40.9 cm³/mol. The standard InChI is InChI=1S/C5H8N2S2/c1-2-3-8-5-4-9-7-6-5/h4H,2-3H2,1H3. The van der Waals surface area contributed by atoms with Gasteiger partial charge in [0, 0.05) is 5.38 Å². The van der Waals surface area contributed by atoms with E-state index in [0.29, 0.717) is 0 Å². The van der Waals surface area contributed by atoms with Crippen LogP contribution < -0.4 is 0 Å². The highest BCUT2D eigenvalue weighted by Crippen LogP contribution is 2.15. The van der Waals surface area contributed by atoms with Gasteiger partial charge in [-0.25, -0.2) is 0 Å². The van der Waals surface area contributed by atoms with Gasteiger partial charge in [-0.1, -0.05) is 11.4 Å². The van der Waals surface area contributed by atoms with Gasteiger partial charge < -0.3 is 0 Å². The fourth-order valence-corrected chi connectivity index (χ4v) is 1.71. The third-order valence-corrected chi connectivity index (χ3v) is 2.56. The molecule has 0 saturated heterocycles. The zero-order chi connectivity index (χ0) is 6.53. The Hall–Kier alpha value is -0.0900. The Kier molecular flexibility index (Phi) is 3.00. The van der Waals surface area contributed by atoms with Crippen LogP contribution in [0.25, 0.3) is 0 Å². The van der Waals surface area contributed by atoms with Crippen LogP contribution in [0.5, 0.6) is 0 Å². The molecule has 1 aromatic rings. The molecule has 0 atom stereocenters. The molecule has 0 saturated carbocycles. The zero-order valence-corrected chi connectivity index (χ0v) is 6.84. The molecule has 4 heteroatoms. The number of nitrogens with zero attached hydrogens (tertiary/aromatic N) is 2. The van der Waals surface area contributed by atoms with E-state index in [1.54, 1.807) is 11.8 Å². The Morgan fingerprint density at radius 1 is 1.78 bits per heavy atom. The molecule has 1 heterocycles. The Morgan fingerprint density at radius 3 is 3.22 bits per heavy atom. The van der Waals surface area contributed by atoms with Crippen LogP contribution in [0.4, 0.5) is 0 Å². The van der Waals surface area contributed by atoms with Crippen LogP contribution in [0.15, 0.2) is 10.4 Å². The van der Waals surface area contributed by atoms with Crippen molar-refractivity contribution >= 4 is 23.3 Å². The Morgan fingerprint density at radius 2 is 2.67 bits per heavy atom. The normalized spacial score (nSPS) is 9.89. The van der Waals surface area contributed by atoms with Gasteiger partial charge in [0.2, 0.25) is 0 Å². The van der Waals surface area contributed by atoms with Crippen molar-refractivity contribution in [3.8, 4) is 0 Å². The number of hydrogen-bond acceptors (Lipinski definition) is 4. The summed E-state index contributed by atoms with van der Waals surface area (Å²) in [5.74, 6) is 1.14. The van der Waals surface area contributed by atoms with Crippen molar-refractivity contribution in [2.75, 3.05) is 5.75 Å². The van der Waals surface area contributed by atoms with Crippen molar-refractivity contribution in [2.45, 2.75) is 18.4 Å². The molecule has 50 valence electrons. The molecule has 0 aromatic carbocycles. The van der Waals surface area contributed by atoms with Crippen LogP contribution in [-0.4, -0.2) is 15.3 Å². The summed E-state index contributed by atoms with van der Waals surface area (Å²) in [5, 5.41) is 6.92. The Labute approximate surface area is 62.8 Å². The summed E-state index contributed by atoms with van der Waals surface area (Å²) in [6.07, 6.45) is 1.20. The molecule has 0 radical (unpaired) electrons. The van der Waals surface area contributed by atoms with Gasteiger partial charge in [0.25, 0.3) is 0 Å². The van der Waals surface area contributed by atoms with E-state index in [0.717, 1.165) is 10.8 Å². The fourth-order valence-electron chi connectivity index (χ4n) is 0.426. The average molecular weight is 160 g/mol. The Balaban J connectivity index is 2.30. The molecule has 0 bridgehead atoms. The van der Waals surface area contributed by atoms with Gasteiger partial charge in [-0.3, -0.25) is 0 Å². The highest BCUT2D eigenvalue weighted by molar-refractivity contribution is 7.99. The van der Waals surface area contributed by atoms with Crippen molar-refractivity contribution < 1.29 is 0 Å². The lowest BCUT2D eigenvalue weighted by atomic mass is 10.6. The van der Waals surface area contributed by atoms with Gasteiger partial charge in [-0.15, -0.1) is 16.9 Å². The van der Waals surface area contributed by atoms with Gasteiger partial charge in [0.15, 0.2) is 0 Å². The minimum atomic E-state index is 1.06. The summed E-state index contributed by atoms with van der Waals surface area (Å²) in [6, 6.07) is 0. The number of aromatic nitrogens is 2. The fraction of sp³-hybridized carbons (Fsp3) is 0.600. The average Bonchev–Trinajstić information content (AvgIpc) is 2.34. The van der Waals surface area contributed by atoms with Crippen molar-refractivity contribution in [3.63, 3.8) is 0 Å². The van der Waals surface area contributed by atoms with E-state index < -0.39 is 0 Å². The topological polar surface area (TPSA) is 25.8 Å². The van der Waals surface area contributed by atoms with E-state index in [4.69, 9.17) is 0 Å². The van der Waals surface area contributed by atoms with Gasteiger partial charge in [0.05, 0.1) is 0 Å². The first-order valence-corrected chi connectivity index (χ1v) is 4.65. The summed E-state index contributed by atoms with van der Waals surface area (Å²) in [7, 11) is 0. The summed E-state index contributed by atoms with van der Waals surface area (Å²) in [4.78, 5) is 0. The Bertz CT molecular complexity index is 150. The minimum Gasteiger partial charge on any atom is -0.132 e. The van der Waals surface area contributed by atoms with Crippen LogP contribution in [0.3, 0.4) is 0 Å². The largest absolute Gasteiger partial charge is 0.132 e. The monoisotopic (exact) mass is 160 g/mol. The van der Waals surface area contributed by atoms with Crippen LogP contribution in [0.2, 0.25) is 0 Å². The minimum absolute atomic E-state index is 1.06. The second-order valence-corrected chi connectivity index (χ2v) is 3.32. The molecule has 0 aliphatic carbocycles. The van der Waals surface area contributed by atoms with Gasteiger partial charge >= 0.3 is 0 Å². The molecular weight excluding hydrogens is 152 g/mol. The van der Waals surface area contributed by atoms with Gasteiger partial charge in [-0.05, 0) is 23.7 Å². The lowest BCUT2D eigenvalue weighted by Gasteiger charge is -1.88. The van der Waals surface area contributed by atoms with Crippen molar-refractivity contribution in [3.05, 3.63) is 5.38 Å². The van der Waals surface area contributed by atoms with E-state index in [-0.39, 0.29) is 0 Å². The van der Waals surface area contributed by atoms with E-state index >= 15 is 0 Å². The molecule has 1 aromatic heterocycles. The third-order valence-electron chi connectivity index (χ3n) is 0.794. The second kappa shape index (κ2) is 3.85. The molecule has 9 heavy (non-hydrogen) atoms. The number of rotatable bonds is 3. The number of hydrogen-bond donors (Lipinski definition) is 0. The first kappa shape index (κ1) is 7.02. The summed E-state index contributed by atoms with van der Waals surface area (Å²) in [5.41, 5.74) is 0. The van der Waals surface area contributed by atoms with Crippen LogP contribution in [-0.2, 0) is 0 Å². The zero-order valence-electron chi connectivity index (χ0n) is 5.20. The maximum absolute atomic E-state index is 3.89. The SMILES string of the molecule is CCCSc1csnn1. The van der Waals surface area contributed by atoms with Crippen LogP contribution in [0, 0.1) is 0 Å². The van der Waals surface area contributed by atoms with E-state index in [1.165, 1.54) is 18.0 Å². The van der Waals surface area contributed by atoms with Gasteiger partial charge in [-0.2, -0.15) is 0 Å². The van der Waals surface area contributed by atoms with E-state index in [9.17, 15) is 0 Å². The van der Waals surface area contributed by atoms with E-state index in [2.05, 4.69) is 16.5 Å². The maximum Gasteiger partial charge on any atom is 0.131 e. The molecule has 0 fully saturated rings. The van der Waals surface area contributed by atoms with E-state index in [1.807, 2.05) is 5.38 Å². The van der Waals surface area contributed by atoms with Crippen molar-refractivity contribution in [2.24, 2.45) is 0 Å². The smallest absolute Gasteiger partial charge is 0.131 e. The highest BCUT2D eigenvalue weighted by Gasteiger charge is 1.92. The van der Waals surface area contributed by atoms with Crippen molar-refractivity contribution in [1.82, 2.24) is 9.59 Å². The summed E-state index contributed by atoms with van der Waals surface area (Å²) in [6.45, 7) is 2.16. The molecule has 0 unspecified atom stereocenters. The molecule has 0 amide bonds. The van der Waals surface area contributed by atoms with Crippen LogP contribution in [0.1, 0.15) is 13.3 Å². The predicted octanol–water partition coefficient (Wildman–Crippen LogP) is 2.04. The molecule has 2 nitrogen and oxygen atoms in total. The second-order valence-electron chi connectivity index (χ2n) is 1.59. The summed E-state index contributed by atoms with van der Waals surface area (Å²) < 4.78 is 3.75. The number of thioether (sulfide) groups is 1. The molecule has 0 aliphatic heterocycles. The summed E-state index contributed by atoms with van der Waals surface area (Å²) >= 11 is 3.17. The molecule has 0 N–H and O–H groups in total. The lowest BCUT2D eigenvalue weighted by Crippen LogP contribution is -1.74. The first-order chi connectivity index (χ1) is 4.43. The maximum atomic E-state index is 3.89. The molecule has 0 aliphatic rings. The van der Waals surface area contributed by atoms with Gasteiger partial charge in [0.1, 0.15) is 5.03 Å². The molecule has 1 rings (SSSR count). The quantitative estimate of drug-likeness (QED) is 0.633. The molecular formula is C5H8N2S2.